The normalized spacial score (nSPS) is 39.6. The number of ketones is 1. The van der Waals surface area contributed by atoms with Crippen molar-refractivity contribution >= 4 is 11.8 Å². The lowest BCUT2D eigenvalue weighted by molar-refractivity contribution is -0.196. The van der Waals surface area contributed by atoms with Gasteiger partial charge in [0.2, 0.25) is 0 Å². The quantitative estimate of drug-likeness (QED) is 0.217. The molecular formula is C30H58FN3O6. The molecule has 10 heteroatoms. The molecular weight excluding hydrogens is 517 g/mol. The minimum atomic E-state index is -2.93. The van der Waals surface area contributed by atoms with Crippen molar-refractivity contribution in [2.45, 2.75) is 110 Å². The molecule has 1 saturated heterocycles. The van der Waals surface area contributed by atoms with Crippen LogP contribution in [0.2, 0.25) is 0 Å². The molecule has 9 atom stereocenters. The van der Waals surface area contributed by atoms with Gasteiger partial charge in [-0.25, -0.2) is 9.18 Å². The number of nitrogens with one attached hydrogen (secondary N) is 1. The second-order valence-electron chi connectivity index (χ2n) is 13.0. The second-order valence-corrected chi connectivity index (χ2v) is 13.0. The standard InChI is InChI=1S/C30H58FN3O6/c1-12-24-30(8,38)26(36)23(5)34(11)19-20(2)18-28(6,39-17-15-32-14-13-16-33(9)10)22(4)21(3)25(35)29(7,31)27(37)40-24/h20-24,26,32,36,38H,12-19H2,1-11H3/t20-,21-,22-,23-,24-,26-,28-,29+,30-/m1/s1. The van der Waals surface area contributed by atoms with E-state index in [2.05, 4.69) is 17.1 Å². The van der Waals surface area contributed by atoms with Gasteiger partial charge in [-0.2, -0.15) is 0 Å². The highest BCUT2D eigenvalue weighted by molar-refractivity contribution is 6.07. The number of rotatable bonds is 9. The van der Waals surface area contributed by atoms with Gasteiger partial charge in [-0.1, -0.05) is 27.7 Å². The summed E-state index contributed by atoms with van der Waals surface area (Å²) in [5.74, 6) is -3.42. The number of carbonyl (C=O) groups is 2. The van der Waals surface area contributed by atoms with E-state index in [1.165, 1.54) is 6.92 Å². The lowest BCUT2D eigenvalue weighted by Gasteiger charge is -2.43. The number of Topliss-reactive ketones (excluding diaryl/α,β-unsaturated/α-hetero) is 1. The summed E-state index contributed by atoms with van der Waals surface area (Å²) in [5, 5.41) is 25.8. The number of alkyl halides is 1. The van der Waals surface area contributed by atoms with E-state index in [0.717, 1.165) is 26.4 Å². The Morgan fingerprint density at radius 3 is 2.30 bits per heavy atom. The van der Waals surface area contributed by atoms with Gasteiger partial charge in [-0.3, -0.25) is 4.79 Å². The van der Waals surface area contributed by atoms with E-state index in [1.54, 1.807) is 20.8 Å². The zero-order valence-corrected chi connectivity index (χ0v) is 26.9. The van der Waals surface area contributed by atoms with Gasteiger partial charge in [0.05, 0.1) is 12.2 Å². The number of ether oxygens (including phenoxy) is 2. The summed E-state index contributed by atoms with van der Waals surface area (Å²) >= 11 is 0. The molecule has 9 nitrogen and oxygen atoms in total. The number of carbonyl (C=O) groups excluding carboxylic acids is 2. The van der Waals surface area contributed by atoms with Crippen molar-refractivity contribution in [1.29, 1.82) is 0 Å². The van der Waals surface area contributed by atoms with E-state index in [-0.39, 0.29) is 12.3 Å². The van der Waals surface area contributed by atoms with Gasteiger partial charge < -0.3 is 34.8 Å². The van der Waals surface area contributed by atoms with Gasteiger partial charge in [0.25, 0.3) is 5.67 Å². The van der Waals surface area contributed by atoms with Gasteiger partial charge in [0, 0.05) is 25.0 Å². The molecule has 0 spiro atoms. The number of esters is 1. The van der Waals surface area contributed by atoms with Crippen molar-refractivity contribution in [3.05, 3.63) is 0 Å². The molecule has 1 fully saturated rings. The van der Waals surface area contributed by atoms with Crippen LogP contribution in [0.4, 0.5) is 4.39 Å². The van der Waals surface area contributed by atoms with E-state index in [1.807, 2.05) is 39.9 Å². The third kappa shape index (κ3) is 9.42. The molecule has 0 aliphatic carbocycles. The van der Waals surface area contributed by atoms with Crippen molar-refractivity contribution in [3.63, 3.8) is 0 Å². The summed E-state index contributed by atoms with van der Waals surface area (Å²) in [6.45, 7) is 16.8. The summed E-state index contributed by atoms with van der Waals surface area (Å²) in [4.78, 5) is 30.6. The number of aliphatic hydroxyl groups is 2. The molecule has 0 aromatic rings. The molecule has 0 unspecified atom stereocenters. The molecule has 1 rings (SSSR count). The monoisotopic (exact) mass is 575 g/mol. The fourth-order valence-corrected chi connectivity index (χ4v) is 5.85. The van der Waals surface area contributed by atoms with Crippen LogP contribution in [-0.4, -0.2) is 121 Å². The summed E-state index contributed by atoms with van der Waals surface area (Å²) in [7, 11) is 5.95. The van der Waals surface area contributed by atoms with Crippen LogP contribution in [0.3, 0.4) is 0 Å². The van der Waals surface area contributed by atoms with Crippen LogP contribution in [0.5, 0.6) is 0 Å². The Morgan fingerprint density at radius 2 is 1.75 bits per heavy atom. The van der Waals surface area contributed by atoms with Gasteiger partial charge in [0.15, 0.2) is 5.78 Å². The molecule has 0 aromatic heterocycles. The Labute approximate surface area is 242 Å². The predicted octanol–water partition coefficient (Wildman–Crippen LogP) is 2.67. The lowest BCUT2D eigenvalue weighted by atomic mass is 9.72. The van der Waals surface area contributed by atoms with Gasteiger partial charge in [0.1, 0.15) is 17.8 Å². The van der Waals surface area contributed by atoms with Gasteiger partial charge in [-0.15, -0.1) is 0 Å². The highest BCUT2D eigenvalue weighted by Gasteiger charge is 2.52. The number of cyclic esters (lactones) is 1. The van der Waals surface area contributed by atoms with Crippen LogP contribution >= 0.6 is 0 Å². The SMILES string of the molecule is CC[C@H]1OC(=O)[C@@](C)(F)C(=O)[C@H](C)[C@@H](C)[C@](C)(OCCNCCCN(C)C)C[C@@H](C)CN(C)[C@H](C)[C@@H](O)[C@]1(C)O. The smallest absolute Gasteiger partial charge is 0.351 e. The fourth-order valence-electron chi connectivity index (χ4n) is 5.85. The van der Waals surface area contributed by atoms with Crippen molar-refractivity contribution in [2.75, 3.05) is 53.9 Å². The largest absolute Gasteiger partial charge is 0.457 e. The molecule has 0 radical (unpaired) electrons. The van der Waals surface area contributed by atoms with E-state index >= 15 is 4.39 Å². The van der Waals surface area contributed by atoms with Crippen LogP contribution in [-0.2, 0) is 19.1 Å². The maximum absolute atomic E-state index is 15.9. The molecule has 1 aliphatic rings. The molecule has 0 amide bonds. The molecule has 1 aliphatic heterocycles. The van der Waals surface area contributed by atoms with Crippen LogP contribution in [0.15, 0.2) is 0 Å². The average Bonchev–Trinajstić information content (AvgIpc) is 2.87. The van der Waals surface area contributed by atoms with E-state index in [4.69, 9.17) is 9.47 Å². The van der Waals surface area contributed by atoms with Gasteiger partial charge in [-0.05, 0) is 93.0 Å². The molecule has 0 saturated carbocycles. The first-order chi connectivity index (χ1) is 18.3. The topological polar surface area (TPSA) is 112 Å². The van der Waals surface area contributed by atoms with Crippen molar-refractivity contribution < 1.29 is 33.7 Å². The first kappa shape index (κ1) is 36.9. The van der Waals surface area contributed by atoms with Crippen molar-refractivity contribution in [1.82, 2.24) is 15.1 Å². The minimum Gasteiger partial charge on any atom is -0.457 e. The minimum absolute atomic E-state index is 0.0779. The number of aliphatic hydroxyl groups excluding tert-OH is 1. The number of likely N-dealkylation sites (N-methyl/N-ethyl adjacent to an activating group) is 1. The Balaban J connectivity index is 3.32. The first-order valence-corrected chi connectivity index (χ1v) is 14.9. The molecule has 3 N–H and O–H groups in total. The Hall–Kier alpha value is -1.17. The fraction of sp³-hybridized carbons (Fsp3) is 0.933. The summed E-state index contributed by atoms with van der Waals surface area (Å²) in [6, 6.07) is -0.497. The van der Waals surface area contributed by atoms with Crippen molar-refractivity contribution in [3.8, 4) is 0 Å². The Kier molecular flexibility index (Phi) is 14.1. The van der Waals surface area contributed by atoms with Crippen LogP contribution < -0.4 is 5.32 Å². The molecule has 0 bridgehead atoms. The molecule has 40 heavy (non-hydrogen) atoms. The third-order valence-electron chi connectivity index (χ3n) is 9.02. The number of nitrogens with zero attached hydrogens (tertiary/aromatic N) is 2. The van der Waals surface area contributed by atoms with Crippen LogP contribution in [0, 0.1) is 17.8 Å². The molecule has 0 aromatic carbocycles. The van der Waals surface area contributed by atoms with Crippen molar-refractivity contribution in [2.24, 2.45) is 17.8 Å². The van der Waals surface area contributed by atoms with E-state index < -0.39 is 58.7 Å². The van der Waals surface area contributed by atoms with Crippen LogP contribution in [0.1, 0.15) is 74.7 Å². The molecule has 1 heterocycles. The zero-order valence-electron chi connectivity index (χ0n) is 26.9. The first-order valence-electron chi connectivity index (χ1n) is 14.9. The number of hydrogen-bond acceptors (Lipinski definition) is 9. The Morgan fingerprint density at radius 1 is 1.15 bits per heavy atom. The number of halogens is 1. The number of hydrogen-bond donors (Lipinski definition) is 3. The molecule has 236 valence electrons. The predicted molar refractivity (Wildman–Crippen MR) is 156 cm³/mol. The highest BCUT2D eigenvalue weighted by Crippen LogP contribution is 2.38. The summed E-state index contributed by atoms with van der Waals surface area (Å²) < 4.78 is 27.8. The second kappa shape index (κ2) is 15.3. The Bertz CT molecular complexity index is 810. The van der Waals surface area contributed by atoms with Crippen LogP contribution in [0.25, 0.3) is 0 Å². The zero-order chi connectivity index (χ0) is 31.1. The maximum atomic E-state index is 15.9. The summed E-state index contributed by atoms with van der Waals surface area (Å²) in [5.41, 5.74) is -5.58. The summed E-state index contributed by atoms with van der Waals surface area (Å²) in [6.07, 6.45) is -0.790. The van der Waals surface area contributed by atoms with E-state index in [9.17, 15) is 19.8 Å². The lowest BCUT2D eigenvalue weighted by Crippen LogP contribution is -2.59. The van der Waals surface area contributed by atoms with Gasteiger partial charge >= 0.3 is 5.97 Å². The third-order valence-corrected chi connectivity index (χ3v) is 9.02. The maximum Gasteiger partial charge on any atom is 0.351 e. The average molecular weight is 576 g/mol. The highest BCUT2D eigenvalue weighted by atomic mass is 19.1. The van der Waals surface area contributed by atoms with E-state index in [0.29, 0.717) is 26.1 Å².